The van der Waals surface area contributed by atoms with Gasteiger partial charge in [0.1, 0.15) is 0 Å². The monoisotopic (exact) mass is 283 g/mol. The number of hydrogen-bond acceptors (Lipinski definition) is 4. The first-order chi connectivity index (χ1) is 8.93. The van der Waals surface area contributed by atoms with Gasteiger partial charge >= 0.3 is 0 Å². The summed E-state index contributed by atoms with van der Waals surface area (Å²) in [5, 5.41) is 4.58. The van der Waals surface area contributed by atoms with Crippen LogP contribution in [0.4, 0.5) is 5.13 Å². The van der Waals surface area contributed by atoms with Crippen molar-refractivity contribution in [2.24, 2.45) is 11.8 Å². The fourth-order valence-corrected chi connectivity index (χ4v) is 3.11. The molecule has 0 aliphatic carbocycles. The molecule has 0 radical (unpaired) electrons. The molecule has 3 nitrogen and oxygen atoms in total. The zero-order chi connectivity index (χ0) is 14.4. The normalized spacial score (nSPS) is 11.6. The molecular formula is C15H29N3S. The molecule has 1 aromatic heterocycles. The third-order valence-electron chi connectivity index (χ3n) is 2.86. The van der Waals surface area contributed by atoms with E-state index in [0.717, 1.165) is 26.2 Å². The van der Waals surface area contributed by atoms with Crippen molar-refractivity contribution in [2.45, 2.75) is 48.1 Å². The van der Waals surface area contributed by atoms with Gasteiger partial charge in [0.25, 0.3) is 0 Å². The van der Waals surface area contributed by atoms with Crippen LogP contribution < -0.4 is 10.2 Å². The Balaban J connectivity index is 2.83. The number of nitrogens with one attached hydrogen (secondary N) is 1. The predicted molar refractivity (Wildman–Crippen MR) is 86.1 cm³/mol. The lowest BCUT2D eigenvalue weighted by Gasteiger charge is -2.25. The van der Waals surface area contributed by atoms with E-state index in [0.29, 0.717) is 11.8 Å². The Hall–Kier alpha value is -0.610. The molecule has 0 unspecified atom stereocenters. The van der Waals surface area contributed by atoms with Gasteiger partial charge in [0.05, 0.1) is 5.69 Å². The number of aromatic nitrogens is 1. The third-order valence-corrected chi connectivity index (χ3v) is 4.08. The van der Waals surface area contributed by atoms with E-state index < -0.39 is 0 Å². The van der Waals surface area contributed by atoms with Crippen molar-refractivity contribution in [3.05, 3.63) is 10.6 Å². The molecule has 1 N–H and O–H groups in total. The highest BCUT2D eigenvalue weighted by Gasteiger charge is 2.16. The van der Waals surface area contributed by atoms with Crippen molar-refractivity contribution in [3.8, 4) is 0 Å². The Morgan fingerprint density at radius 1 is 1.16 bits per heavy atom. The van der Waals surface area contributed by atoms with Crippen LogP contribution in [0.1, 0.15) is 45.2 Å². The molecule has 4 heteroatoms. The number of thiazole rings is 1. The van der Waals surface area contributed by atoms with E-state index in [9.17, 15) is 0 Å². The first kappa shape index (κ1) is 16.4. The quantitative estimate of drug-likeness (QED) is 0.789. The Morgan fingerprint density at radius 2 is 1.74 bits per heavy atom. The van der Waals surface area contributed by atoms with Gasteiger partial charge < -0.3 is 10.2 Å². The van der Waals surface area contributed by atoms with E-state index in [1.807, 2.05) is 11.3 Å². The van der Waals surface area contributed by atoms with Crippen molar-refractivity contribution in [2.75, 3.05) is 24.5 Å². The van der Waals surface area contributed by atoms with Crippen LogP contribution in [0.3, 0.4) is 0 Å². The second-order valence-electron chi connectivity index (χ2n) is 5.98. The molecule has 1 aromatic rings. The van der Waals surface area contributed by atoms with Crippen LogP contribution in [0, 0.1) is 18.8 Å². The Morgan fingerprint density at radius 3 is 2.21 bits per heavy atom. The number of anilines is 1. The van der Waals surface area contributed by atoms with E-state index in [2.05, 4.69) is 51.8 Å². The average molecular weight is 283 g/mol. The molecule has 0 atom stereocenters. The molecule has 1 rings (SSSR count). The third kappa shape index (κ3) is 5.49. The van der Waals surface area contributed by atoms with E-state index in [1.165, 1.54) is 15.7 Å². The summed E-state index contributed by atoms with van der Waals surface area (Å²) in [7, 11) is 0. The van der Waals surface area contributed by atoms with Crippen molar-refractivity contribution in [3.63, 3.8) is 0 Å². The van der Waals surface area contributed by atoms with Crippen LogP contribution in [-0.2, 0) is 6.54 Å². The topological polar surface area (TPSA) is 28.2 Å². The fraction of sp³-hybridized carbons (Fsp3) is 0.800. The number of rotatable bonds is 8. The van der Waals surface area contributed by atoms with Crippen LogP contribution in [0.25, 0.3) is 0 Å². The molecule has 0 aliphatic heterocycles. The molecule has 110 valence electrons. The summed E-state index contributed by atoms with van der Waals surface area (Å²) in [4.78, 5) is 8.59. The minimum atomic E-state index is 0.667. The Bertz CT molecular complexity index is 361. The summed E-state index contributed by atoms with van der Waals surface area (Å²) in [5.74, 6) is 1.33. The molecule has 0 fully saturated rings. The lowest BCUT2D eigenvalue weighted by molar-refractivity contribution is 0.551. The summed E-state index contributed by atoms with van der Waals surface area (Å²) in [6, 6.07) is 0. The Labute approximate surface area is 122 Å². The molecule has 0 aliphatic rings. The van der Waals surface area contributed by atoms with Gasteiger partial charge in [0, 0.05) is 24.5 Å². The maximum Gasteiger partial charge on any atom is 0.185 e. The van der Waals surface area contributed by atoms with Crippen LogP contribution in [0.2, 0.25) is 0 Å². The molecule has 0 bridgehead atoms. The van der Waals surface area contributed by atoms with Crippen molar-refractivity contribution < 1.29 is 0 Å². The highest BCUT2D eigenvalue weighted by molar-refractivity contribution is 7.15. The van der Waals surface area contributed by atoms with Gasteiger partial charge in [-0.2, -0.15) is 0 Å². The SMILES string of the molecule is CCNCc1sc(N(CC(C)C)CC(C)C)nc1C. The van der Waals surface area contributed by atoms with Gasteiger partial charge in [-0.25, -0.2) is 4.98 Å². The van der Waals surface area contributed by atoms with Gasteiger partial charge in [-0.1, -0.05) is 34.6 Å². The predicted octanol–water partition coefficient (Wildman–Crippen LogP) is 3.68. The smallest absolute Gasteiger partial charge is 0.185 e. The van der Waals surface area contributed by atoms with E-state index in [-0.39, 0.29) is 0 Å². The first-order valence-corrected chi connectivity index (χ1v) is 8.17. The summed E-state index contributed by atoms with van der Waals surface area (Å²) < 4.78 is 0. The van der Waals surface area contributed by atoms with Crippen LogP contribution in [0.15, 0.2) is 0 Å². The molecule has 0 aromatic carbocycles. The molecule has 0 saturated heterocycles. The van der Waals surface area contributed by atoms with Crippen molar-refractivity contribution >= 4 is 16.5 Å². The molecular weight excluding hydrogens is 254 g/mol. The maximum atomic E-state index is 4.77. The minimum Gasteiger partial charge on any atom is -0.348 e. The highest BCUT2D eigenvalue weighted by atomic mass is 32.1. The van der Waals surface area contributed by atoms with E-state index in [1.54, 1.807) is 0 Å². The molecule has 1 heterocycles. The van der Waals surface area contributed by atoms with Crippen LogP contribution in [-0.4, -0.2) is 24.6 Å². The summed E-state index contributed by atoms with van der Waals surface area (Å²) in [5.41, 5.74) is 1.18. The summed E-state index contributed by atoms with van der Waals surface area (Å²) >= 11 is 1.84. The molecule has 19 heavy (non-hydrogen) atoms. The van der Waals surface area contributed by atoms with Gasteiger partial charge in [-0.05, 0) is 25.3 Å². The summed E-state index contributed by atoms with van der Waals surface area (Å²) in [6.45, 7) is 17.5. The Kier molecular flexibility index (Phi) is 6.80. The lowest BCUT2D eigenvalue weighted by Crippen LogP contribution is -2.31. The molecule has 0 amide bonds. The second-order valence-corrected chi connectivity index (χ2v) is 7.04. The van der Waals surface area contributed by atoms with Gasteiger partial charge in [-0.15, -0.1) is 11.3 Å². The van der Waals surface area contributed by atoms with Gasteiger partial charge in [0.2, 0.25) is 0 Å². The highest BCUT2D eigenvalue weighted by Crippen LogP contribution is 2.27. The largest absolute Gasteiger partial charge is 0.348 e. The van der Waals surface area contributed by atoms with Crippen LogP contribution >= 0.6 is 11.3 Å². The second kappa shape index (κ2) is 7.85. The molecule has 0 spiro atoms. The fourth-order valence-electron chi connectivity index (χ4n) is 2.06. The zero-order valence-corrected chi connectivity index (χ0v) is 14.1. The molecule has 0 saturated carbocycles. The van der Waals surface area contributed by atoms with Crippen molar-refractivity contribution in [1.82, 2.24) is 10.3 Å². The lowest BCUT2D eigenvalue weighted by atomic mass is 10.1. The number of aryl methyl sites for hydroxylation is 1. The van der Waals surface area contributed by atoms with Gasteiger partial charge in [-0.3, -0.25) is 0 Å². The number of hydrogen-bond donors (Lipinski definition) is 1. The summed E-state index contributed by atoms with van der Waals surface area (Å²) in [6.07, 6.45) is 0. The van der Waals surface area contributed by atoms with E-state index >= 15 is 0 Å². The minimum absolute atomic E-state index is 0.667. The maximum absolute atomic E-state index is 4.77. The van der Waals surface area contributed by atoms with Gasteiger partial charge in [0.15, 0.2) is 5.13 Å². The van der Waals surface area contributed by atoms with Crippen molar-refractivity contribution in [1.29, 1.82) is 0 Å². The zero-order valence-electron chi connectivity index (χ0n) is 13.3. The first-order valence-electron chi connectivity index (χ1n) is 7.36. The average Bonchev–Trinajstić information content (AvgIpc) is 2.66. The standard InChI is InChI=1S/C15H29N3S/c1-7-16-8-14-13(6)17-15(19-14)18(9-11(2)3)10-12(4)5/h11-12,16H,7-10H2,1-6H3. The number of nitrogens with zero attached hydrogens (tertiary/aromatic N) is 2. The van der Waals surface area contributed by atoms with Crippen LogP contribution in [0.5, 0.6) is 0 Å². The van der Waals surface area contributed by atoms with E-state index in [4.69, 9.17) is 4.98 Å².